The van der Waals surface area contributed by atoms with Crippen LogP contribution < -0.4 is 10.1 Å². The number of nitrogens with one attached hydrogen (secondary N) is 1. The Kier molecular flexibility index (Phi) is 15.7. The fraction of sp³-hybridized carbons (Fsp3) is 0.500. The second-order valence-electron chi connectivity index (χ2n) is 16.3. The third kappa shape index (κ3) is 11.6. The van der Waals surface area contributed by atoms with Crippen molar-refractivity contribution in [3.05, 3.63) is 70.0 Å². The van der Waals surface area contributed by atoms with E-state index in [-0.39, 0.29) is 22.4 Å². The van der Waals surface area contributed by atoms with Crippen LogP contribution >= 0.6 is 0 Å². The Bertz CT molecular complexity index is 2070. The topological polar surface area (TPSA) is 230 Å². The van der Waals surface area contributed by atoms with Crippen molar-refractivity contribution in [2.24, 2.45) is 28.8 Å². The summed E-state index contributed by atoms with van der Waals surface area (Å²) in [5, 5.41) is 27.6. The van der Waals surface area contributed by atoms with E-state index in [2.05, 4.69) is 10.5 Å². The Hall–Kier alpha value is -5.90. The van der Waals surface area contributed by atoms with Crippen molar-refractivity contribution in [3.63, 3.8) is 0 Å². The van der Waals surface area contributed by atoms with Gasteiger partial charge in [-0.15, -0.1) is 0 Å². The number of ether oxygens (including phenoxy) is 4. The van der Waals surface area contributed by atoms with E-state index in [1.54, 1.807) is 39.0 Å². The van der Waals surface area contributed by atoms with E-state index >= 15 is 0 Å². The van der Waals surface area contributed by atoms with Crippen LogP contribution in [0.3, 0.4) is 0 Å². The molecule has 0 radical (unpaired) electrons. The third-order valence-corrected chi connectivity index (χ3v) is 9.87. The van der Waals surface area contributed by atoms with Gasteiger partial charge in [-0.2, -0.15) is 0 Å². The molecule has 0 saturated heterocycles. The SMILES string of the molecule is CC(=O)OC(C(C)/C=C/C=N/OC(C)(C)C)C(C)C(OC(C)=O)C(C)C(OC(C)=O)C(C)/C=C/C=C(\C)C(=O)NC1=CC(=O)c2c(c(O)c(C)c3c2C(=O)C(C)(O)O3)C1=O. The number of oxime groups is 1. The average molecular weight is 837 g/mol. The molecule has 1 amide bonds. The molecule has 1 aromatic carbocycles. The third-order valence-electron chi connectivity index (χ3n) is 9.87. The lowest BCUT2D eigenvalue weighted by Crippen LogP contribution is -2.47. The van der Waals surface area contributed by atoms with Gasteiger partial charge in [-0.25, -0.2) is 0 Å². The first-order valence-corrected chi connectivity index (χ1v) is 19.4. The van der Waals surface area contributed by atoms with Gasteiger partial charge < -0.3 is 39.3 Å². The van der Waals surface area contributed by atoms with Crippen molar-refractivity contribution in [2.45, 2.75) is 120 Å². The molecule has 2 aliphatic rings. The van der Waals surface area contributed by atoms with Crippen LogP contribution in [0.15, 0.2) is 52.9 Å². The van der Waals surface area contributed by atoms with E-state index in [0.29, 0.717) is 0 Å². The lowest BCUT2D eigenvalue weighted by Gasteiger charge is -2.39. The number of carbonyl (C=O) groups is 7. The molecular weight excluding hydrogens is 780 g/mol. The fourth-order valence-electron chi connectivity index (χ4n) is 6.99. The molecule has 1 heterocycles. The first kappa shape index (κ1) is 48.5. The van der Waals surface area contributed by atoms with Gasteiger partial charge in [0.25, 0.3) is 11.7 Å². The van der Waals surface area contributed by atoms with Crippen molar-refractivity contribution < 1.29 is 67.6 Å². The number of fused-ring (bicyclic) bond motifs is 3. The summed E-state index contributed by atoms with van der Waals surface area (Å²) >= 11 is 0. The van der Waals surface area contributed by atoms with Gasteiger partial charge in [0.2, 0.25) is 11.6 Å². The molecule has 0 saturated carbocycles. The minimum atomic E-state index is -2.31. The second kappa shape index (κ2) is 19.4. The molecule has 60 heavy (non-hydrogen) atoms. The van der Waals surface area contributed by atoms with Crippen LogP contribution in [0.4, 0.5) is 0 Å². The predicted octanol–water partition coefficient (Wildman–Crippen LogP) is 5.56. The summed E-state index contributed by atoms with van der Waals surface area (Å²) < 4.78 is 22.6. The van der Waals surface area contributed by atoms with Crippen LogP contribution in [-0.4, -0.2) is 87.3 Å². The van der Waals surface area contributed by atoms with E-state index in [1.165, 1.54) is 53.0 Å². The number of benzene rings is 1. The number of Topliss-reactive ketones (excluding diaryl/α,β-unsaturated/α-hetero) is 2. The highest BCUT2D eigenvalue weighted by Crippen LogP contribution is 2.46. The molecule has 1 aliphatic heterocycles. The van der Waals surface area contributed by atoms with Gasteiger partial charge in [-0.05, 0) is 40.7 Å². The molecular formula is C44H56N2O14. The Morgan fingerprint density at radius 3 is 1.82 bits per heavy atom. The number of allylic oxidation sites excluding steroid dienone is 5. The molecule has 8 atom stereocenters. The van der Waals surface area contributed by atoms with Crippen LogP contribution in [0.2, 0.25) is 0 Å². The van der Waals surface area contributed by atoms with Crippen molar-refractivity contribution in [1.82, 2.24) is 5.32 Å². The van der Waals surface area contributed by atoms with Gasteiger partial charge >= 0.3 is 17.9 Å². The highest BCUT2D eigenvalue weighted by molar-refractivity contribution is 6.30. The molecule has 1 aliphatic carbocycles. The van der Waals surface area contributed by atoms with Gasteiger partial charge in [-0.3, -0.25) is 33.6 Å². The number of aromatic hydroxyl groups is 1. The Labute approximate surface area is 349 Å². The van der Waals surface area contributed by atoms with Gasteiger partial charge in [0.05, 0.1) is 28.6 Å². The summed E-state index contributed by atoms with van der Waals surface area (Å²) in [7, 11) is 0. The molecule has 0 bridgehead atoms. The molecule has 1 aromatic rings. The average Bonchev–Trinajstić information content (AvgIpc) is 3.38. The van der Waals surface area contributed by atoms with E-state index in [0.717, 1.165) is 13.0 Å². The maximum atomic E-state index is 13.5. The number of carbonyl (C=O) groups excluding carboxylic acids is 7. The predicted molar refractivity (Wildman–Crippen MR) is 218 cm³/mol. The molecule has 16 nitrogen and oxygen atoms in total. The summed E-state index contributed by atoms with van der Waals surface area (Å²) in [6, 6.07) is 0. The van der Waals surface area contributed by atoms with Crippen molar-refractivity contribution in [1.29, 1.82) is 0 Å². The maximum Gasteiger partial charge on any atom is 0.302 e. The van der Waals surface area contributed by atoms with Gasteiger partial charge in [0, 0.05) is 68.6 Å². The summed E-state index contributed by atoms with van der Waals surface area (Å²) in [5.74, 6) is -10.7. The van der Waals surface area contributed by atoms with Gasteiger partial charge in [-0.1, -0.05) is 57.2 Å². The van der Waals surface area contributed by atoms with Crippen LogP contribution in [0.1, 0.15) is 120 Å². The molecule has 8 unspecified atom stereocenters. The van der Waals surface area contributed by atoms with E-state index in [4.69, 9.17) is 23.8 Å². The molecule has 0 aromatic heterocycles. The standard InChI is InChI=1S/C44H56N2O14/c1-21(37(56-27(7)47)25(5)39(58-29(9)49)26(6)38(57-28(8)48)22(2)18-15-19-45-60-43(10,11)12)16-14-17-23(3)42(54)46-30-20-31(50)32-33(36(30)52)35(51)24(4)40-34(32)41(53)44(13,55)59-40/h14-22,25-26,37-39,51,55H,1-13H3,(H,46,54)/b16-14+,18-15+,23-17+,45-19+. The number of esters is 3. The highest BCUT2D eigenvalue weighted by Gasteiger charge is 2.49. The number of hydrogen-bond donors (Lipinski definition) is 3. The molecule has 3 N–H and O–H groups in total. The number of hydrogen-bond acceptors (Lipinski definition) is 15. The quantitative estimate of drug-likeness (QED) is 0.0462. The van der Waals surface area contributed by atoms with Crippen LogP contribution in [0, 0.1) is 30.6 Å². The lowest BCUT2D eigenvalue weighted by atomic mass is 9.79. The Morgan fingerprint density at radius 2 is 1.32 bits per heavy atom. The molecule has 3 rings (SSSR count). The van der Waals surface area contributed by atoms with E-state index < -0.39 is 117 Å². The van der Waals surface area contributed by atoms with Crippen molar-refractivity contribution in [3.8, 4) is 11.5 Å². The number of aliphatic hydroxyl groups is 1. The fourth-order valence-corrected chi connectivity index (χ4v) is 6.99. The monoisotopic (exact) mass is 836 g/mol. The Morgan fingerprint density at radius 1 is 0.817 bits per heavy atom. The first-order valence-electron chi connectivity index (χ1n) is 19.4. The van der Waals surface area contributed by atoms with Crippen molar-refractivity contribution in [2.75, 3.05) is 0 Å². The molecule has 0 spiro atoms. The number of rotatable bonds is 16. The minimum Gasteiger partial charge on any atom is -0.507 e. The largest absolute Gasteiger partial charge is 0.507 e. The van der Waals surface area contributed by atoms with Crippen LogP contribution in [0.25, 0.3) is 0 Å². The van der Waals surface area contributed by atoms with Crippen molar-refractivity contribution >= 4 is 47.4 Å². The zero-order chi connectivity index (χ0) is 45.6. The lowest BCUT2D eigenvalue weighted by molar-refractivity contribution is -0.172. The maximum absolute atomic E-state index is 13.5. The number of nitrogens with zero attached hydrogens (tertiary/aromatic N) is 1. The summed E-state index contributed by atoms with van der Waals surface area (Å²) in [6.45, 7) is 20.3. The smallest absolute Gasteiger partial charge is 0.302 e. The normalized spacial score (nSPS) is 20.3. The first-order chi connectivity index (χ1) is 27.7. The van der Waals surface area contributed by atoms with E-state index in [9.17, 15) is 43.8 Å². The van der Waals surface area contributed by atoms with Crippen LogP contribution in [0.5, 0.6) is 11.5 Å². The number of phenols is 1. The zero-order valence-electron chi connectivity index (χ0n) is 36.3. The zero-order valence-corrected chi connectivity index (χ0v) is 36.3. The summed E-state index contributed by atoms with van der Waals surface area (Å²) in [6.07, 6.45) is 7.74. The van der Waals surface area contributed by atoms with E-state index in [1.807, 2.05) is 27.7 Å². The molecule has 0 fully saturated rings. The number of amides is 1. The van der Waals surface area contributed by atoms with Gasteiger partial charge in [0.1, 0.15) is 35.4 Å². The van der Waals surface area contributed by atoms with Crippen LogP contribution in [-0.2, 0) is 38.2 Å². The number of ketones is 3. The number of phenolic OH excluding ortho intramolecular Hbond substituents is 1. The summed E-state index contributed by atoms with van der Waals surface area (Å²) in [4.78, 5) is 95.5. The molecule has 326 valence electrons. The summed E-state index contributed by atoms with van der Waals surface area (Å²) in [5.41, 5.74) is -2.19. The molecule has 16 heteroatoms. The Balaban J connectivity index is 1.85. The highest BCUT2D eigenvalue weighted by atomic mass is 16.6. The van der Waals surface area contributed by atoms with Gasteiger partial charge in [0.15, 0.2) is 5.78 Å². The minimum absolute atomic E-state index is 0.0475. The second-order valence-corrected chi connectivity index (χ2v) is 16.3.